The van der Waals surface area contributed by atoms with Crippen molar-refractivity contribution < 1.29 is 0 Å². The third kappa shape index (κ3) is 2.75. The van der Waals surface area contributed by atoms with Crippen molar-refractivity contribution in [2.75, 3.05) is 5.32 Å². The minimum atomic E-state index is 0.220. The number of rotatable bonds is 3. The van der Waals surface area contributed by atoms with Crippen LogP contribution in [0.5, 0.6) is 0 Å². The van der Waals surface area contributed by atoms with Gasteiger partial charge in [0.2, 0.25) is 0 Å². The highest BCUT2D eigenvalue weighted by Gasteiger charge is 2.09. The van der Waals surface area contributed by atoms with Crippen molar-refractivity contribution in [3.05, 3.63) is 44.3 Å². The number of hydrogen-bond donors (Lipinski definition) is 1. The van der Waals surface area contributed by atoms with Crippen molar-refractivity contribution in [1.82, 2.24) is 4.98 Å². The van der Waals surface area contributed by atoms with Crippen molar-refractivity contribution in [1.29, 1.82) is 0 Å². The number of thiophene rings is 1. The molecule has 0 aliphatic carbocycles. The Balaban J connectivity index is 2.13. The second-order valence-corrected chi connectivity index (χ2v) is 5.59. The molecule has 0 fully saturated rings. The summed E-state index contributed by atoms with van der Waals surface area (Å²) in [6.45, 7) is 2.10. The Morgan fingerprint density at radius 2 is 2.38 bits per heavy atom. The monoisotopic (exact) mass is 316 g/mol. The molecule has 0 spiro atoms. The van der Waals surface area contributed by atoms with Crippen LogP contribution in [0.1, 0.15) is 17.8 Å². The first kappa shape index (κ1) is 11.9. The van der Waals surface area contributed by atoms with Crippen LogP contribution in [-0.2, 0) is 0 Å². The van der Waals surface area contributed by atoms with Gasteiger partial charge in [-0.3, -0.25) is 0 Å². The molecule has 1 N–H and O–H groups in total. The summed E-state index contributed by atoms with van der Waals surface area (Å²) in [5.74, 6) is 0. The lowest BCUT2D eigenvalue weighted by molar-refractivity contribution is 0.905. The number of pyridine rings is 1. The van der Waals surface area contributed by atoms with Crippen molar-refractivity contribution in [3.8, 4) is 0 Å². The van der Waals surface area contributed by atoms with E-state index >= 15 is 0 Å². The fraction of sp³-hybridized carbons (Fsp3) is 0.182. The zero-order valence-corrected chi connectivity index (χ0v) is 11.7. The largest absolute Gasteiger partial charge is 0.375 e. The normalized spacial score (nSPS) is 12.4. The molecule has 2 rings (SSSR count). The first-order valence-corrected chi connectivity index (χ1v) is 6.83. The summed E-state index contributed by atoms with van der Waals surface area (Å²) in [5.41, 5.74) is 0.862. The van der Waals surface area contributed by atoms with Gasteiger partial charge in [0.1, 0.15) is 0 Å². The van der Waals surface area contributed by atoms with Crippen LogP contribution in [0.15, 0.2) is 34.2 Å². The fourth-order valence-electron chi connectivity index (χ4n) is 1.35. The number of anilines is 1. The third-order valence-corrected chi connectivity index (χ3v) is 4.32. The number of aromatic nitrogens is 1. The van der Waals surface area contributed by atoms with Gasteiger partial charge in [0, 0.05) is 20.9 Å². The molecule has 5 heteroatoms. The van der Waals surface area contributed by atoms with Gasteiger partial charge >= 0.3 is 0 Å². The lowest BCUT2D eigenvalue weighted by Crippen LogP contribution is -2.05. The SMILES string of the molecule is CC(Nc1cccnc1Cl)c1cc(Br)cs1. The highest BCUT2D eigenvalue weighted by atomic mass is 79.9. The first-order valence-electron chi connectivity index (χ1n) is 4.78. The molecule has 2 heterocycles. The lowest BCUT2D eigenvalue weighted by Gasteiger charge is -2.14. The van der Waals surface area contributed by atoms with E-state index in [1.165, 1.54) is 4.88 Å². The molecule has 1 atom stereocenters. The molecule has 0 aliphatic heterocycles. The standard InChI is InChI=1S/C11H10BrClN2S/c1-7(10-5-8(12)6-16-10)15-9-3-2-4-14-11(9)13/h2-7,15H,1H3. The Morgan fingerprint density at radius 3 is 3.00 bits per heavy atom. The second kappa shape index (κ2) is 5.17. The first-order chi connectivity index (χ1) is 7.66. The van der Waals surface area contributed by atoms with Crippen molar-refractivity contribution >= 4 is 44.6 Å². The van der Waals surface area contributed by atoms with Gasteiger partial charge in [-0.15, -0.1) is 11.3 Å². The van der Waals surface area contributed by atoms with Crippen LogP contribution in [0.3, 0.4) is 0 Å². The summed E-state index contributed by atoms with van der Waals surface area (Å²) in [4.78, 5) is 5.28. The fourth-order valence-corrected chi connectivity index (χ4v) is 2.98. The van der Waals surface area contributed by atoms with Crippen LogP contribution in [0.4, 0.5) is 5.69 Å². The van der Waals surface area contributed by atoms with E-state index in [0.29, 0.717) is 5.15 Å². The average molecular weight is 318 g/mol. The molecule has 0 amide bonds. The van der Waals surface area contributed by atoms with Gasteiger partial charge in [0.05, 0.1) is 11.7 Å². The Bertz CT molecular complexity index is 486. The van der Waals surface area contributed by atoms with E-state index < -0.39 is 0 Å². The molecule has 16 heavy (non-hydrogen) atoms. The van der Waals surface area contributed by atoms with Gasteiger partial charge in [0.15, 0.2) is 5.15 Å². The van der Waals surface area contributed by atoms with Crippen LogP contribution in [0.2, 0.25) is 5.15 Å². The minimum absolute atomic E-state index is 0.220. The molecule has 0 aromatic carbocycles. The van der Waals surface area contributed by atoms with E-state index in [9.17, 15) is 0 Å². The molecule has 2 nitrogen and oxygen atoms in total. The van der Waals surface area contributed by atoms with Gasteiger partial charge < -0.3 is 5.32 Å². The van der Waals surface area contributed by atoms with Gasteiger partial charge in [-0.05, 0) is 41.1 Å². The Labute approximate surface area is 112 Å². The molecule has 0 radical (unpaired) electrons. The predicted molar refractivity (Wildman–Crippen MR) is 73.3 cm³/mol. The maximum Gasteiger partial charge on any atom is 0.152 e. The average Bonchev–Trinajstić information content (AvgIpc) is 2.68. The van der Waals surface area contributed by atoms with Crippen LogP contribution in [-0.4, -0.2) is 4.98 Å². The van der Waals surface area contributed by atoms with Gasteiger partial charge in [-0.1, -0.05) is 11.6 Å². The van der Waals surface area contributed by atoms with Gasteiger partial charge in [-0.25, -0.2) is 4.98 Å². The van der Waals surface area contributed by atoms with Gasteiger partial charge in [-0.2, -0.15) is 0 Å². The molecular weight excluding hydrogens is 308 g/mol. The smallest absolute Gasteiger partial charge is 0.152 e. The van der Waals surface area contributed by atoms with Crippen LogP contribution >= 0.6 is 38.9 Å². The molecule has 0 saturated heterocycles. The van der Waals surface area contributed by atoms with Crippen molar-refractivity contribution in [2.24, 2.45) is 0 Å². The lowest BCUT2D eigenvalue weighted by atomic mass is 10.2. The van der Waals surface area contributed by atoms with E-state index in [4.69, 9.17) is 11.6 Å². The summed E-state index contributed by atoms with van der Waals surface area (Å²) in [5, 5.41) is 5.91. The summed E-state index contributed by atoms with van der Waals surface area (Å²) in [6, 6.07) is 6.12. The third-order valence-electron chi connectivity index (χ3n) is 2.15. The zero-order valence-electron chi connectivity index (χ0n) is 8.58. The highest BCUT2D eigenvalue weighted by molar-refractivity contribution is 9.10. The van der Waals surface area contributed by atoms with E-state index in [2.05, 4.69) is 44.6 Å². The minimum Gasteiger partial charge on any atom is -0.375 e. The van der Waals surface area contributed by atoms with Crippen LogP contribution < -0.4 is 5.32 Å². The molecule has 0 aliphatic rings. The predicted octanol–water partition coefficient (Wildman–Crippen LogP) is 4.73. The summed E-state index contributed by atoms with van der Waals surface area (Å²) in [7, 11) is 0. The molecule has 0 bridgehead atoms. The van der Waals surface area contributed by atoms with E-state index in [1.807, 2.05) is 12.1 Å². The summed E-state index contributed by atoms with van der Waals surface area (Å²) >= 11 is 11.1. The molecule has 2 aromatic rings. The molecule has 0 saturated carbocycles. The van der Waals surface area contributed by atoms with E-state index in [-0.39, 0.29) is 6.04 Å². The van der Waals surface area contributed by atoms with Crippen LogP contribution in [0, 0.1) is 0 Å². The second-order valence-electron chi connectivity index (χ2n) is 3.38. The van der Waals surface area contributed by atoms with Gasteiger partial charge in [0.25, 0.3) is 0 Å². The Hall–Kier alpha value is -0.580. The summed E-state index contributed by atoms with van der Waals surface area (Å²) < 4.78 is 1.11. The van der Waals surface area contributed by atoms with Crippen molar-refractivity contribution in [3.63, 3.8) is 0 Å². The zero-order chi connectivity index (χ0) is 11.5. The number of nitrogens with zero attached hydrogens (tertiary/aromatic N) is 1. The Morgan fingerprint density at radius 1 is 1.56 bits per heavy atom. The van der Waals surface area contributed by atoms with Crippen LogP contribution in [0.25, 0.3) is 0 Å². The molecular formula is C11H10BrClN2S. The Kier molecular flexibility index (Phi) is 3.84. The highest BCUT2D eigenvalue weighted by Crippen LogP contribution is 2.29. The number of nitrogens with one attached hydrogen (secondary N) is 1. The summed E-state index contributed by atoms with van der Waals surface area (Å²) in [6.07, 6.45) is 1.68. The van der Waals surface area contributed by atoms with E-state index in [0.717, 1.165) is 10.2 Å². The maximum atomic E-state index is 5.98. The quantitative estimate of drug-likeness (QED) is 0.828. The number of hydrogen-bond acceptors (Lipinski definition) is 3. The molecule has 84 valence electrons. The maximum absolute atomic E-state index is 5.98. The topological polar surface area (TPSA) is 24.9 Å². The molecule has 2 aromatic heterocycles. The van der Waals surface area contributed by atoms with E-state index in [1.54, 1.807) is 17.5 Å². The number of halogens is 2. The van der Waals surface area contributed by atoms with Crippen molar-refractivity contribution in [2.45, 2.75) is 13.0 Å². The molecule has 1 unspecified atom stereocenters.